The second-order valence-corrected chi connectivity index (χ2v) is 10.8. The Labute approximate surface area is 276 Å². The van der Waals surface area contributed by atoms with E-state index < -0.39 is 12.1 Å². The second kappa shape index (κ2) is 14.6. The van der Waals surface area contributed by atoms with Gasteiger partial charge in [0, 0.05) is 47.9 Å². The van der Waals surface area contributed by atoms with E-state index in [1.165, 1.54) is 10.9 Å². The number of carbonyl (C=O) groups is 1. The lowest BCUT2D eigenvalue weighted by Gasteiger charge is -2.27. The molecule has 2 amide bonds. The van der Waals surface area contributed by atoms with Gasteiger partial charge in [-0.3, -0.25) is 10.00 Å². The second-order valence-electron chi connectivity index (χ2n) is 10.4. The summed E-state index contributed by atoms with van der Waals surface area (Å²) in [6.07, 6.45) is 4.67. The molecule has 14 heteroatoms. The van der Waals surface area contributed by atoms with Gasteiger partial charge in [-0.25, -0.2) is 14.8 Å². The predicted molar refractivity (Wildman–Crippen MR) is 179 cm³/mol. The lowest BCUT2D eigenvalue weighted by Crippen LogP contribution is -2.24. The molecule has 2 N–H and O–H groups in total. The summed E-state index contributed by atoms with van der Waals surface area (Å²) in [5.74, 6) is 3.47. The van der Waals surface area contributed by atoms with Crippen LogP contribution in [0.25, 0.3) is 10.8 Å². The van der Waals surface area contributed by atoms with Crippen LogP contribution in [-0.2, 0) is 13.1 Å². The number of anilines is 3. The molecular formula is C33H33ClN8O5. The fourth-order valence-electron chi connectivity index (χ4n) is 4.94. The smallest absolute Gasteiger partial charge is 0.324 e. The molecule has 0 aliphatic rings. The van der Waals surface area contributed by atoms with E-state index in [0.29, 0.717) is 64.2 Å². The summed E-state index contributed by atoms with van der Waals surface area (Å²) in [5.41, 5.74) is 2.19. The number of urea groups is 1. The van der Waals surface area contributed by atoms with Crippen molar-refractivity contribution >= 4 is 45.7 Å². The van der Waals surface area contributed by atoms with Crippen LogP contribution in [0, 0.1) is 11.3 Å². The van der Waals surface area contributed by atoms with Crippen LogP contribution in [0.15, 0.2) is 67.1 Å². The number of benzene rings is 2. The van der Waals surface area contributed by atoms with Gasteiger partial charge in [-0.15, -0.1) is 0 Å². The van der Waals surface area contributed by atoms with Crippen molar-refractivity contribution in [1.82, 2.24) is 19.7 Å². The van der Waals surface area contributed by atoms with Crippen molar-refractivity contribution in [3.8, 4) is 29.1 Å². The molecule has 5 aromatic rings. The third-order valence-electron chi connectivity index (χ3n) is 7.36. The Morgan fingerprint density at radius 1 is 0.936 bits per heavy atom. The average molecular weight is 657 g/mol. The van der Waals surface area contributed by atoms with Crippen molar-refractivity contribution in [2.45, 2.75) is 26.1 Å². The van der Waals surface area contributed by atoms with Gasteiger partial charge in [0.05, 0.1) is 52.6 Å². The number of amides is 2. The number of ether oxygens (including phenoxy) is 4. The minimum absolute atomic E-state index is 0.251. The monoisotopic (exact) mass is 656 g/mol. The minimum Gasteiger partial charge on any atom is -0.497 e. The van der Waals surface area contributed by atoms with Crippen LogP contribution >= 0.6 is 11.6 Å². The van der Waals surface area contributed by atoms with Crippen LogP contribution in [0.4, 0.5) is 22.1 Å². The molecule has 5 rings (SSSR count). The molecule has 0 radical (unpaired) electrons. The maximum Gasteiger partial charge on any atom is 0.324 e. The molecule has 1 unspecified atom stereocenters. The number of halogens is 1. The number of pyridine rings is 2. The van der Waals surface area contributed by atoms with Crippen molar-refractivity contribution in [3.63, 3.8) is 0 Å². The van der Waals surface area contributed by atoms with E-state index in [1.54, 1.807) is 59.9 Å². The summed E-state index contributed by atoms with van der Waals surface area (Å²) in [5, 5.41) is 20.3. The van der Waals surface area contributed by atoms with Gasteiger partial charge < -0.3 is 29.2 Å². The number of nitrogens with one attached hydrogen (secondary N) is 2. The van der Waals surface area contributed by atoms with Crippen LogP contribution in [0.2, 0.25) is 5.15 Å². The molecule has 0 spiro atoms. The summed E-state index contributed by atoms with van der Waals surface area (Å²) < 4.78 is 23.7. The molecule has 0 saturated heterocycles. The number of hydrogen-bond donors (Lipinski definition) is 2. The molecule has 3 heterocycles. The molecule has 0 aliphatic carbocycles. The number of fused-ring (bicyclic) bond motifs is 1. The van der Waals surface area contributed by atoms with E-state index in [0.717, 1.165) is 11.1 Å². The highest BCUT2D eigenvalue weighted by Crippen LogP contribution is 2.35. The standard InChI is InChI=1S/C33H33ClN8O5/c1-20(14-35)42-19-24(15-37-42)38-33(43)40-31-11-23-10-30(34)39-32(27(23)16-36-31)41(17-21-6-8-25(44-2)12-28(21)46-4)18-22-7-9-26(45-3)13-29(22)47-5/h6-13,15-16,19-20H,17-18H2,1-5H3,(H2,36,38,40,43). The summed E-state index contributed by atoms with van der Waals surface area (Å²) in [6, 6.07) is 15.8. The number of nitrogens with zero attached hydrogens (tertiary/aromatic N) is 6. The zero-order chi connectivity index (χ0) is 33.5. The SMILES string of the molecule is COc1ccc(CN(Cc2ccc(OC)cc2OC)c2nc(Cl)cc3cc(NC(=O)Nc4cnn(C(C)C#N)c4)ncc23)c(OC)c1. The first-order valence-corrected chi connectivity index (χ1v) is 14.8. The van der Waals surface area contributed by atoms with Crippen LogP contribution in [0.1, 0.15) is 24.1 Å². The van der Waals surface area contributed by atoms with Gasteiger partial charge >= 0.3 is 6.03 Å². The van der Waals surface area contributed by atoms with Crippen molar-refractivity contribution in [1.29, 1.82) is 5.26 Å². The molecule has 1 atom stereocenters. The summed E-state index contributed by atoms with van der Waals surface area (Å²) in [6.45, 7) is 2.46. The summed E-state index contributed by atoms with van der Waals surface area (Å²) in [7, 11) is 6.42. The Hall–Kier alpha value is -5.74. The van der Waals surface area contributed by atoms with Crippen molar-refractivity contribution in [2.75, 3.05) is 44.0 Å². The molecule has 0 bridgehead atoms. The first kappa shape index (κ1) is 32.6. The molecule has 13 nitrogen and oxygen atoms in total. The molecule has 3 aromatic heterocycles. The van der Waals surface area contributed by atoms with Crippen molar-refractivity contribution in [2.24, 2.45) is 0 Å². The van der Waals surface area contributed by atoms with E-state index in [2.05, 4.69) is 26.8 Å². The number of hydrogen-bond acceptors (Lipinski definition) is 10. The predicted octanol–water partition coefficient (Wildman–Crippen LogP) is 6.45. The highest BCUT2D eigenvalue weighted by Gasteiger charge is 2.20. The third-order valence-corrected chi connectivity index (χ3v) is 7.55. The Bertz CT molecular complexity index is 1890. The van der Waals surface area contributed by atoms with Gasteiger partial charge in [0.1, 0.15) is 45.8 Å². The summed E-state index contributed by atoms with van der Waals surface area (Å²) >= 11 is 6.60. The van der Waals surface area contributed by atoms with Gasteiger partial charge in [-0.05, 0) is 48.7 Å². The zero-order valence-electron chi connectivity index (χ0n) is 26.4. The molecule has 242 valence electrons. The van der Waals surface area contributed by atoms with Crippen molar-refractivity contribution in [3.05, 3.63) is 83.4 Å². The number of nitriles is 1. The first-order chi connectivity index (χ1) is 22.7. The largest absolute Gasteiger partial charge is 0.497 e. The number of methoxy groups -OCH3 is 4. The van der Waals surface area contributed by atoms with Crippen molar-refractivity contribution < 1.29 is 23.7 Å². The van der Waals surface area contributed by atoms with E-state index in [4.69, 9.17) is 40.8 Å². The van der Waals surface area contributed by atoms with Gasteiger partial charge in [-0.2, -0.15) is 10.4 Å². The van der Waals surface area contributed by atoms with Crippen LogP contribution in [0.5, 0.6) is 23.0 Å². The Balaban J connectivity index is 1.50. The molecule has 0 fully saturated rings. The zero-order valence-corrected chi connectivity index (χ0v) is 27.2. The lowest BCUT2D eigenvalue weighted by molar-refractivity contribution is 0.262. The number of carbonyl (C=O) groups excluding carboxylic acids is 1. The average Bonchev–Trinajstić information content (AvgIpc) is 3.55. The van der Waals surface area contributed by atoms with Gasteiger partial charge in [0.25, 0.3) is 0 Å². The summed E-state index contributed by atoms with van der Waals surface area (Å²) in [4.78, 5) is 24.1. The Morgan fingerprint density at radius 3 is 2.15 bits per heavy atom. The van der Waals surface area contributed by atoms with Crippen LogP contribution in [0.3, 0.4) is 0 Å². The normalized spacial score (nSPS) is 11.3. The van der Waals surface area contributed by atoms with Crippen LogP contribution < -0.4 is 34.5 Å². The fraction of sp³-hybridized carbons (Fsp3) is 0.242. The van der Waals surface area contributed by atoms with E-state index >= 15 is 0 Å². The minimum atomic E-state index is -0.527. The van der Waals surface area contributed by atoms with Crippen LogP contribution in [-0.4, -0.2) is 54.2 Å². The van der Waals surface area contributed by atoms with E-state index in [1.807, 2.05) is 41.3 Å². The highest BCUT2D eigenvalue weighted by molar-refractivity contribution is 6.30. The molecule has 0 aliphatic heterocycles. The first-order valence-electron chi connectivity index (χ1n) is 14.4. The molecular weight excluding hydrogens is 624 g/mol. The number of rotatable bonds is 12. The maximum atomic E-state index is 12.8. The van der Waals surface area contributed by atoms with Gasteiger partial charge in [0.2, 0.25) is 0 Å². The fourth-order valence-corrected chi connectivity index (χ4v) is 5.14. The van der Waals surface area contributed by atoms with Gasteiger partial charge in [-0.1, -0.05) is 11.6 Å². The molecule has 47 heavy (non-hydrogen) atoms. The molecule has 2 aromatic carbocycles. The highest BCUT2D eigenvalue weighted by atomic mass is 35.5. The van der Waals surface area contributed by atoms with Gasteiger partial charge in [0.15, 0.2) is 0 Å². The quantitative estimate of drug-likeness (QED) is 0.144. The number of aromatic nitrogens is 4. The Kier molecular flexibility index (Phi) is 10.1. The lowest BCUT2D eigenvalue weighted by atomic mass is 10.1. The topological polar surface area (TPSA) is 149 Å². The van der Waals surface area contributed by atoms with E-state index in [9.17, 15) is 4.79 Å². The maximum absolute atomic E-state index is 12.8. The third kappa shape index (κ3) is 7.57. The Morgan fingerprint density at radius 2 is 1.57 bits per heavy atom. The molecule has 0 saturated carbocycles. The van der Waals surface area contributed by atoms with E-state index in [-0.39, 0.29) is 5.15 Å².